The lowest BCUT2D eigenvalue weighted by Gasteiger charge is -2.29. The highest BCUT2D eigenvalue weighted by molar-refractivity contribution is 5.97. The fraction of sp³-hybridized carbons (Fsp3) is 0. The Hall–Kier alpha value is -7.74. The highest BCUT2D eigenvalue weighted by atomic mass is 15.1. The van der Waals surface area contributed by atoms with Crippen LogP contribution in [0.5, 0.6) is 0 Å². The van der Waals surface area contributed by atoms with Gasteiger partial charge in [-0.15, -0.1) is 0 Å². The second-order valence-corrected chi connectivity index (χ2v) is 14.6. The monoisotopic (exact) mass is 755 g/mol. The van der Waals surface area contributed by atoms with Gasteiger partial charge < -0.3 is 4.90 Å². The molecule has 0 radical (unpaired) electrons. The first-order valence-electron chi connectivity index (χ1n) is 21.9. The quantitative estimate of drug-likeness (QED) is 0.142. The van der Waals surface area contributed by atoms with E-state index in [2.05, 4.69) is 115 Å². The molecular weight excluding hydrogens is 711 g/mol. The highest BCUT2D eigenvalue weighted by Gasteiger charge is 2.21. The van der Waals surface area contributed by atoms with Gasteiger partial charge in [-0.25, -0.2) is 0 Å². The van der Waals surface area contributed by atoms with E-state index in [1.54, 1.807) is 0 Å². The van der Waals surface area contributed by atoms with Gasteiger partial charge in [0, 0.05) is 16.9 Å². The van der Waals surface area contributed by atoms with Crippen LogP contribution in [-0.4, -0.2) is 0 Å². The molecule has 0 aliphatic heterocycles. The Labute approximate surface area is 352 Å². The van der Waals surface area contributed by atoms with Crippen LogP contribution in [0, 0.1) is 0 Å². The normalized spacial score (nSPS) is 12.0. The summed E-state index contributed by atoms with van der Waals surface area (Å²) in [5.41, 5.74) is 12.7. The predicted octanol–water partition coefficient (Wildman–Crippen LogP) is 16.3. The lowest BCUT2D eigenvalue weighted by molar-refractivity contribution is 1.28. The maximum Gasteiger partial charge on any atom is 0.0645 e. The molecule has 0 aliphatic carbocycles. The smallest absolute Gasteiger partial charge is 0.0645 e. The average molecular weight is 756 g/mol. The van der Waals surface area contributed by atoms with E-state index < -0.39 is 0 Å². The first kappa shape index (κ1) is 31.4. The minimum Gasteiger partial charge on any atom is -0.310 e. The van der Waals surface area contributed by atoms with Crippen molar-refractivity contribution in [2.75, 3.05) is 4.90 Å². The fourth-order valence-corrected chi connectivity index (χ4v) is 8.04. The average Bonchev–Trinajstić information content (AvgIpc) is 3.35. The summed E-state index contributed by atoms with van der Waals surface area (Å²) in [6, 6.07) is 75.4. The van der Waals surface area contributed by atoms with Crippen LogP contribution >= 0.6 is 0 Å². The summed E-state index contributed by atoms with van der Waals surface area (Å²) in [7, 11) is 0. The summed E-state index contributed by atoms with van der Waals surface area (Å²) in [6.45, 7) is 0. The lowest BCUT2D eigenvalue weighted by atomic mass is 9.88. The molecule has 1 nitrogen and oxygen atoms in total. The summed E-state index contributed by atoms with van der Waals surface area (Å²) in [6.07, 6.45) is 0. The van der Waals surface area contributed by atoms with Gasteiger partial charge in [0.25, 0.3) is 0 Å². The van der Waals surface area contributed by atoms with Crippen LogP contribution in [-0.2, 0) is 0 Å². The van der Waals surface area contributed by atoms with Crippen LogP contribution in [0.1, 0.15) is 5.48 Å². The Morgan fingerprint density at radius 3 is 1.41 bits per heavy atom. The first-order valence-corrected chi connectivity index (χ1v) is 19.9. The van der Waals surface area contributed by atoms with Crippen molar-refractivity contribution < 1.29 is 5.48 Å². The molecule has 1 heteroatoms. The molecular formula is C58H41N. The first-order chi connectivity index (χ1) is 30.9. The lowest BCUT2D eigenvalue weighted by Crippen LogP contribution is -2.11. The Morgan fingerprint density at radius 2 is 0.712 bits per heavy atom. The van der Waals surface area contributed by atoms with E-state index in [4.69, 9.17) is 0 Å². The molecule has 10 aromatic rings. The Balaban J connectivity index is 1.18. The van der Waals surface area contributed by atoms with Crippen molar-refractivity contribution in [2.24, 2.45) is 0 Å². The van der Waals surface area contributed by atoms with Crippen molar-refractivity contribution in [3.8, 4) is 66.8 Å². The van der Waals surface area contributed by atoms with Crippen LogP contribution in [0.15, 0.2) is 249 Å². The summed E-state index contributed by atoms with van der Waals surface area (Å²) in [4.78, 5) is 1.92. The third-order valence-electron chi connectivity index (χ3n) is 11.0. The van der Waals surface area contributed by atoms with Crippen LogP contribution in [0.25, 0.3) is 77.5 Å². The third kappa shape index (κ3) is 7.23. The number of nitrogens with zero attached hydrogens (tertiary/aromatic N) is 1. The number of para-hydroxylation sites is 1. The van der Waals surface area contributed by atoms with E-state index in [0.29, 0.717) is 11.3 Å². The van der Waals surface area contributed by atoms with Gasteiger partial charge in [-0.05, 0) is 108 Å². The standard InChI is InChI=1S/C58H41N/c1-3-16-42(17-4-1)44-30-32-45(33-31-44)46-36-38-51(39-37-46)59(52-23-15-22-49(41-52)50-35-34-43-18-7-8-21-48(43)40-50)58-29-14-13-28-57(58)56-27-12-11-26-55(56)54-25-10-9-24-53(54)47-19-5-2-6-20-47/h1-41H/i36D,37D,38D,39D. The van der Waals surface area contributed by atoms with Gasteiger partial charge in [0.05, 0.1) is 11.2 Å². The molecule has 0 atom stereocenters. The molecule has 10 rings (SSSR count). The molecule has 0 aromatic heterocycles. The van der Waals surface area contributed by atoms with E-state index in [1.165, 1.54) is 0 Å². The van der Waals surface area contributed by atoms with Crippen molar-refractivity contribution in [1.29, 1.82) is 0 Å². The molecule has 59 heavy (non-hydrogen) atoms. The number of fused-ring (bicyclic) bond motifs is 1. The predicted molar refractivity (Wildman–Crippen MR) is 251 cm³/mol. The Bertz CT molecular complexity index is 3240. The molecule has 10 aromatic carbocycles. The second kappa shape index (κ2) is 16.0. The van der Waals surface area contributed by atoms with Crippen LogP contribution in [0.2, 0.25) is 0 Å². The topological polar surface area (TPSA) is 3.24 Å². The molecule has 278 valence electrons. The zero-order valence-corrected chi connectivity index (χ0v) is 32.3. The molecule has 0 amide bonds. The fourth-order valence-electron chi connectivity index (χ4n) is 8.04. The number of hydrogen-bond acceptors (Lipinski definition) is 1. The summed E-state index contributed by atoms with van der Waals surface area (Å²) in [5, 5.41) is 2.28. The summed E-state index contributed by atoms with van der Waals surface area (Å²) in [5.74, 6) is 0. The van der Waals surface area contributed by atoms with Crippen LogP contribution in [0.4, 0.5) is 17.1 Å². The van der Waals surface area contributed by atoms with Gasteiger partial charge in [0.2, 0.25) is 0 Å². The van der Waals surface area contributed by atoms with E-state index >= 15 is 0 Å². The molecule has 0 unspecified atom stereocenters. The van der Waals surface area contributed by atoms with Crippen molar-refractivity contribution >= 4 is 27.8 Å². The minimum atomic E-state index is -0.133. The van der Waals surface area contributed by atoms with Crippen molar-refractivity contribution in [3.05, 3.63) is 249 Å². The molecule has 0 aliphatic rings. The van der Waals surface area contributed by atoms with Crippen LogP contribution in [0.3, 0.4) is 0 Å². The summed E-state index contributed by atoms with van der Waals surface area (Å²) < 4.78 is 38.7. The molecule has 0 spiro atoms. The number of anilines is 3. The third-order valence-corrected chi connectivity index (χ3v) is 11.0. The molecule has 0 saturated heterocycles. The van der Waals surface area contributed by atoms with E-state index in [1.807, 2.05) is 114 Å². The number of rotatable bonds is 9. The SMILES string of the molecule is [2H]c1c([2H])c(N(c2cccc(-c3ccc4ccccc4c3)c2)c2ccccc2-c2ccccc2-c2ccccc2-c2ccccc2)c([2H])c([2H])c1-c1ccc(-c2ccccc2)cc1. The largest absolute Gasteiger partial charge is 0.310 e. The number of hydrogen-bond donors (Lipinski definition) is 0. The maximum atomic E-state index is 9.78. The van der Waals surface area contributed by atoms with Gasteiger partial charge in [0.1, 0.15) is 0 Å². The van der Waals surface area contributed by atoms with Gasteiger partial charge in [-0.2, -0.15) is 0 Å². The van der Waals surface area contributed by atoms with E-state index in [9.17, 15) is 5.48 Å². The summed E-state index contributed by atoms with van der Waals surface area (Å²) >= 11 is 0. The zero-order valence-electron chi connectivity index (χ0n) is 36.3. The second-order valence-electron chi connectivity index (χ2n) is 14.6. The Kier molecular flexibility index (Phi) is 8.51. The van der Waals surface area contributed by atoms with Gasteiger partial charge >= 0.3 is 0 Å². The molecule has 0 bridgehead atoms. The van der Waals surface area contributed by atoms with Gasteiger partial charge in [-0.3, -0.25) is 0 Å². The van der Waals surface area contributed by atoms with Gasteiger partial charge in [0.15, 0.2) is 0 Å². The molecule has 0 saturated carbocycles. The van der Waals surface area contributed by atoms with Crippen LogP contribution < -0.4 is 4.90 Å². The minimum absolute atomic E-state index is 0.108. The van der Waals surface area contributed by atoms with E-state index in [0.717, 1.165) is 72.1 Å². The highest BCUT2D eigenvalue weighted by Crippen LogP contribution is 2.46. The van der Waals surface area contributed by atoms with Crippen molar-refractivity contribution in [3.63, 3.8) is 0 Å². The van der Waals surface area contributed by atoms with Crippen molar-refractivity contribution in [1.82, 2.24) is 0 Å². The molecule has 0 fully saturated rings. The van der Waals surface area contributed by atoms with Crippen molar-refractivity contribution in [2.45, 2.75) is 0 Å². The maximum absolute atomic E-state index is 9.78. The van der Waals surface area contributed by atoms with E-state index in [-0.39, 0.29) is 35.4 Å². The van der Waals surface area contributed by atoms with Gasteiger partial charge in [-0.1, -0.05) is 212 Å². The number of benzene rings is 10. The molecule has 0 N–H and O–H groups in total. The Morgan fingerprint density at radius 1 is 0.254 bits per heavy atom. The molecule has 0 heterocycles. The zero-order chi connectivity index (χ0) is 42.9.